The first-order valence-corrected chi connectivity index (χ1v) is 20.6. The number of sulfonamides is 1. The Morgan fingerprint density at radius 2 is 1.70 bits per heavy atom. The van der Waals surface area contributed by atoms with Gasteiger partial charge >= 0.3 is 6.09 Å². The van der Waals surface area contributed by atoms with Gasteiger partial charge in [-0.25, -0.2) is 22.0 Å². The number of nitrogens with one attached hydrogen (secondary N) is 2. The van der Waals surface area contributed by atoms with Gasteiger partial charge in [0.2, 0.25) is 21.6 Å². The Morgan fingerprint density at radius 3 is 2.30 bits per heavy atom. The summed E-state index contributed by atoms with van der Waals surface area (Å²) in [6.07, 6.45) is 5.30. The molecular formula is C40H53F2N3O7S. The van der Waals surface area contributed by atoms with Gasteiger partial charge in [-0.1, -0.05) is 24.6 Å². The zero-order valence-corrected chi connectivity index (χ0v) is 32.5. The first-order chi connectivity index (χ1) is 24.8. The molecular weight excluding hydrogens is 705 g/mol. The summed E-state index contributed by atoms with van der Waals surface area (Å²) in [5.41, 5.74) is -2.63. The largest absolute Gasteiger partial charge is 0.490 e. The summed E-state index contributed by atoms with van der Waals surface area (Å²) in [4.78, 5) is 41.3. The molecule has 2 aromatic carbocycles. The van der Waals surface area contributed by atoms with Crippen LogP contribution >= 0.6 is 0 Å². The van der Waals surface area contributed by atoms with E-state index in [2.05, 4.69) is 10.0 Å². The molecule has 1 heterocycles. The van der Waals surface area contributed by atoms with Crippen LogP contribution in [0.5, 0.6) is 5.75 Å². The highest BCUT2D eigenvalue weighted by Crippen LogP contribution is 2.51. The fourth-order valence-corrected chi connectivity index (χ4v) is 8.79. The molecule has 2 aromatic rings. The number of carbonyl (C=O) groups excluding carboxylic acids is 3. The van der Waals surface area contributed by atoms with Gasteiger partial charge in [0, 0.05) is 24.4 Å². The number of nitrogens with zero attached hydrogens (tertiary/aromatic N) is 1. The molecule has 4 aliphatic rings. The van der Waals surface area contributed by atoms with Crippen molar-refractivity contribution in [3.05, 3.63) is 53.3 Å². The van der Waals surface area contributed by atoms with Crippen molar-refractivity contribution < 1.29 is 41.1 Å². The van der Waals surface area contributed by atoms with Crippen LogP contribution in [-0.2, 0) is 29.8 Å². The van der Waals surface area contributed by atoms with Crippen LogP contribution in [0.3, 0.4) is 0 Å². The van der Waals surface area contributed by atoms with Gasteiger partial charge in [0.05, 0.1) is 23.3 Å². The van der Waals surface area contributed by atoms with Crippen LogP contribution in [0.2, 0.25) is 0 Å². The average Bonchev–Trinajstić information content (AvgIpc) is 3.62. The molecule has 0 radical (unpaired) electrons. The molecule has 290 valence electrons. The van der Waals surface area contributed by atoms with Gasteiger partial charge in [-0.3, -0.25) is 19.2 Å². The molecule has 3 amide bonds. The van der Waals surface area contributed by atoms with Gasteiger partial charge in [-0.05, 0) is 127 Å². The van der Waals surface area contributed by atoms with E-state index in [9.17, 15) is 22.8 Å². The molecule has 4 fully saturated rings. The minimum atomic E-state index is -3.81. The fourth-order valence-electron chi connectivity index (χ4n) is 8.11. The first-order valence-electron chi connectivity index (χ1n) is 18.9. The zero-order valence-electron chi connectivity index (χ0n) is 31.7. The Labute approximate surface area is 311 Å². The monoisotopic (exact) mass is 757 g/mol. The number of alkyl halides is 1. The summed E-state index contributed by atoms with van der Waals surface area (Å²) < 4.78 is 70.9. The molecule has 1 aliphatic heterocycles. The van der Waals surface area contributed by atoms with E-state index in [0.29, 0.717) is 60.1 Å². The predicted molar refractivity (Wildman–Crippen MR) is 197 cm³/mol. The number of likely N-dealkylation sites (tertiary alicyclic amines) is 1. The zero-order chi connectivity index (χ0) is 38.6. The highest BCUT2D eigenvalue weighted by molar-refractivity contribution is 7.90. The van der Waals surface area contributed by atoms with Crippen molar-refractivity contribution in [3.8, 4) is 16.9 Å². The molecule has 2 N–H and O–H groups in total. The van der Waals surface area contributed by atoms with Crippen molar-refractivity contribution in [1.82, 2.24) is 14.9 Å². The average molecular weight is 758 g/mol. The summed E-state index contributed by atoms with van der Waals surface area (Å²) in [6.45, 7) is 9.64. The lowest BCUT2D eigenvalue weighted by atomic mass is 9.73. The van der Waals surface area contributed by atoms with Crippen molar-refractivity contribution >= 4 is 27.9 Å². The van der Waals surface area contributed by atoms with Gasteiger partial charge in [-0.15, -0.1) is 0 Å². The van der Waals surface area contributed by atoms with Gasteiger partial charge in [-0.2, -0.15) is 0 Å². The van der Waals surface area contributed by atoms with E-state index in [-0.39, 0.29) is 42.6 Å². The Balaban J connectivity index is 1.21. The lowest BCUT2D eigenvalue weighted by Crippen LogP contribution is -2.53. The van der Waals surface area contributed by atoms with E-state index in [1.165, 1.54) is 17.9 Å². The van der Waals surface area contributed by atoms with E-state index in [4.69, 9.17) is 9.47 Å². The summed E-state index contributed by atoms with van der Waals surface area (Å²) in [7, 11) is -3.81. The Kier molecular flexibility index (Phi) is 10.4. The second-order valence-corrected chi connectivity index (χ2v) is 19.0. The van der Waals surface area contributed by atoms with Crippen LogP contribution in [0.25, 0.3) is 11.1 Å². The van der Waals surface area contributed by atoms with Crippen molar-refractivity contribution in [3.63, 3.8) is 0 Å². The molecule has 10 nitrogen and oxygen atoms in total. The Hall–Kier alpha value is -3.74. The van der Waals surface area contributed by atoms with E-state index < -0.39 is 50.2 Å². The number of hydrogen-bond donors (Lipinski definition) is 2. The molecule has 0 bridgehead atoms. The number of halogens is 2. The fraction of sp³-hybridized carbons (Fsp3) is 0.625. The van der Waals surface area contributed by atoms with Gasteiger partial charge in [0.1, 0.15) is 23.3 Å². The minimum absolute atomic E-state index is 0.0358. The lowest BCUT2D eigenvalue weighted by Gasteiger charge is -2.45. The quantitative estimate of drug-likeness (QED) is 0.262. The summed E-state index contributed by atoms with van der Waals surface area (Å²) in [5, 5.41) is 2.91. The van der Waals surface area contributed by atoms with Crippen LogP contribution in [0.1, 0.15) is 123 Å². The number of benzene rings is 2. The molecule has 6 rings (SSSR count). The van der Waals surface area contributed by atoms with E-state index in [1.807, 2.05) is 6.07 Å². The van der Waals surface area contributed by atoms with Crippen LogP contribution < -0.4 is 14.8 Å². The van der Waals surface area contributed by atoms with Gasteiger partial charge < -0.3 is 14.8 Å². The SMILES string of the molecule is CCS(=O)(=O)NC(=O)C(C)(C)c1ccc(O[C@@H]2CC[C@@H](NC(=O)C3(F)CN(C(=O)OC(C)(C)C)C4(CCC4)C3)C2)c(-c2cccc(F)c2C2CCC2)c1. The maximum absolute atomic E-state index is 16.5. The number of rotatable bonds is 10. The highest BCUT2D eigenvalue weighted by atomic mass is 32.2. The molecule has 3 aliphatic carbocycles. The van der Waals surface area contributed by atoms with E-state index in [0.717, 1.165) is 25.7 Å². The number of hydrogen-bond acceptors (Lipinski definition) is 7. The van der Waals surface area contributed by atoms with Crippen LogP contribution in [0, 0.1) is 5.82 Å². The second-order valence-electron chi connectivity index (χ2n) is 17.0. The van der Waals surface area contributed by atoms with Crippen LogP contribution in [-0.4, -0.2) is 72.5 Å². The van der Waals surface area contributed by atoms with E-state index >= 15 is 8.78 Å². The van der Waals surface area contributed by atoms with Crippen molar-refractivity contribution in [1.29, 1.82) is 0 Å². The maximum atomic E-state index is 16.5. The topological polar surface area (TPSA) is 131 Å². The van der Waals surface area contributed by atoms with Crippen molar-refractivity contribution in [2.75, 3.05) is 12.3 Å². The molecule has 1 unspecified atom stereocenters. The van der Waals surface area contributed by atoms with Crippen molar-refractivity contribution in [2.24, 2.45) is 0 Å². The minimum Gasteiger partial charge on any atom is -0.490 e. The van der Waals surface area contributed by atoms with Gasteiger partial charge in [0.15, 0.2) is 0 Å². The normalized spacial score (nSPS) is 24.3. The predicted octanol–water partition coefficient (Wildman–Crippen LogP) is 7.19. The third kappa shape index (κ3) is 7.91. The Bertz CT molecular complexity index is 1870. The number of carbonyl (C=O) groups is 3. The maximum Gasteiger partial charge on any atom is 0.410 e. The third-order valence-electron chi connectivity index (χ3n) is 11.7. The molecule has 0 aromatic heterocycles. The third-order valence-corrected chi connectivity index (χ3v) is 12.9. The summed E-state index contributed by atoms with van der Waals surface area (Å²) >= 11 is 0. The number of amides is 3. The summed E-state index contributed by atoms with van der Waals surface area (Å²) in [5.74, 6) is -1.49. The van der Waals surface area contributed by atoms with Crippen molar-refractivity contribution in [2.45, 2.75) is 146 Å². The van der Waals surface area contributed by atoms with Crippen LogP contribution in [0.15, 0.2) is 36.4 Å². The standard InChI is InChI=1S/C40H53F2N3O7S/c1-7-53(49,50)44-34(46)38(5,6)26-15-18-32(30(21-26)29-13-9-14-31(41)33(29)25-11-8-12-25)51-28-17-16-27(22-28)43-35(47)40(42)23-39(19-10-20-39)45(24-40)36(48)52-37(2,3)4/h9,13-15,18,21,25,27-28H,7-8,10-12,16-17,19-20,22-24H2,1-6H3,(H,43,47)(H,44,46)/t27-,28-,40?/m1/s1. The Morgan fingerprint density at radius 1 is 0.981 bits per heavy atom. The molecule has 53 heavy (non-hydrogen) atoms. The lowest BCUT2D eigenvalue weighted by molar-refractivity contribution is -0.133. The molecule has 1 spiro atoms. The molecule has 13 heteroatoms. The molecule has 3 atom stereocenters. The number of ether oxygens (including phenoxy) is 2. The molecule has 3 saturated carbocycles. The van der Waals surface area contributed by atoms with E-state index in [1.54, 1.807) is 58.9 Å². The highest BCUT2D eigenvalue weighted by Gasteiger charge is 2.62. The smallest absolute Gasteiger partial charge is 0.410 e. The summed E-state index contributed by atoms with van der Waals surface area (Å²) in [6, 6.07) is 9.79. The van der Waals surface area contributed by atoms with Crippen LogP contribution in [0.4, 0.5) is 13.6 Å². The first kappa shape index (κ1) is 39.0. The second kappa shape index (κ2) is 14.2. The van der Waals surface area contributed by atoms with Gasteiger partial charge in [0.25, 0.3) is 5.91 Å². The molecule has 1 saturated heterocycles.